The van der Waals surface area contributed by atoms with Gasteiger partial charge in [0.25, 0.3) is 5.91 Å². The van der Waals surface area contributed by atoms with Gasteiger partial charge in [-0.05, 0) is 32.2 Å². The number of amides is 1. The van der Waals surface area contributed by atoms with E-state index in [1.807, 2.05) is 39.3 Å². The van der Waals surface area contributed by atoms with Crippen LogP contribution < -0.4 is 15.4 Å². The first-order chi connectivity index (χ1) is 14.4. The molecule has 1 aromatic carbocycles. The van der Waals surface area contributed by atoms with Gasteiger partial charge < -0.3 is 15.4 Å². The van der Waals surface area contributed by atoms with E-state index in [-0.39, 0.29) is 5.91 Å². The summed E-state index contributed by atoms with van der Waals surface area (Å²) in [4.78, 5) is 18.0. The minimum atomic E-state index is -0.460. The number of allylic oxidation sites excluding steroid dienone is 1. The Kier molecular flexibility index (Phi) is 5.25. The number of fused-ring (bicyclic) bond motifs is 1. The van der Waals surface area contributed by atoms with Gasteiger partial charge in [0.2, 0.25) is 11.1 Å². The number of aryl methyl sites for hydroxylation is 1. The van der Waals surface area contributed by atoms with Gasteiger partial charge in [0.1, 0.15) is 11.8 Å². The fourth-order valence-electron chi connectivity index (χ4n) is 3.52. The van der Waals surface area contributed by atoms with Crippen molar-refractivity contribution in [1.82, 2.24) is 24.5 Å². The third-order valence-corrected chi connectivity index (χ3v) is 5.72. The number of methoxy groups -OCH3 is 1. The average Bonchev–Trinajstić information content (AvgIpc) is 3.30. The number of anilines is 2. The first kappa shape index (κ1) is 20.0. The van der Waals surface area contributed by atoms with Gasteiger partial charge in [-0.15, -0.1) is 5.10 Å². The van der Waals surface area contributed by atoms with Crippen molar-refractivity contribution in [2.45, 2.75) is 25.0 Å². The lowest BCUT2D eigenvalue weighted by molar-refractivity contribution is -0.113. The molecule has 0 fully saturated rings. The summed E-state index contributed by atoms with van der Waals surface area (Å²) in [6.07, 6.45) is 3.69. The van der Waals surface area contributed by atoms with E-state index in [2.05, 4.69) is 25.8 Å². The number of nitrogens with one attached hydrogen (secondary N) is 2. The van der Waals surface area contributed by atoms with Crippen LogP contribution in [0.3, 0.4) is 0 Å². The standard InChI is InChI=1S/C20H23N7O2S/c1-11-16(18(28)23-14-8-6-7-9-15(14)29-4)17(13-10-21-26(3)12(13)2)27-19(22-11)24-20(25-27)30-5/h6-10,17H,1-5H3,(H,23,28)(H,22,24,25)/t17-/m1/s1. The summed E-state index contributed by atoms with van der Waals surface area (Å²) in [6.45, 7) is 3.84. The van der Waals surface area contributed by atoms with Crippen LogP contribution in [0.4, 0.5) is 11.6 Å². The number of rotatable bonds is 5. The van der Waals surface area contributed by atoms with Gasteiger partial charge in [0, 0.05) is 24.0 Å². The topological polar surface area (TPSA) is 98.9 Å². The van der Waals surface area contributed by atoms with Gasteiger partial charge in [0.05, 0.1) is 24.6 Å². The lowest BCUT2D eigenvalue weighted by Crippen LogP contribution is -2.31. The highest BCUT2D eigenvalue weighted by Crippen LogP contribution is 2.38. The number of carbonyl (C=O) groups is 1. The molecule has 10 heteroatoms. The predicted octanol–water partition coefficient (Wildman–Crippen LogP) is 2.98. The van der Waals surface area contributed by atoms with Crippen molar-refractivity contribution in [3.05, 3.63) is 53.0 Å². The Bertz CT molecular complexity index is 1150. The minimum absolute atomic E-state index is 0.246. The molecule has 1 atom stereocenters. The Labute approximate surface area is 178 Å². The van der Waals surface area contributed by atoms with Crippen LogP contribution in [-0.2, 0) is 11.8 Å². The summed E-state index contributed by atoms with van der Waals surface area (Å²) in [5.41, 5.74) is 3.69. The zero-order chi connectivity index (χ0) is 21.4. The Balaban J connectivity index is 1.81. The van der Waals surface area contributed by atoms with Crippen molar-refractivity contribution in [2.24, 2.45) is 7.05 Å². The normalized spacial score (nSPS) is 15.6. The molecule has 2 aromatic heterocycles. The van der Waals surface area contributed by atoms with Crippen molar-refractivity contribution >= 4 is 29.3 Å². The van der Waals surface area contributed by atoms with Crippen molar-refractivity contribution in [2.75, 3.05) is 24.0 Å². The maximum Gasteiger partial charge on any atom is 0.255 e. The molecule has 4 rings (SSSR count). The van der Waals surface area contributed by atoms with E-state index < -0.39 is 6.04 Å². The Morgan fingerprint density at radius 3 is 2.73 bits per heavy atom. The van der Waals surface area contributed by atoms with Crippen molar-refractivity contribution in [1.29, 1.82) is 0 Å². The van der Waals surface area contributed by atoms with Crippen molar-refractivity contribution in [3.8, 4) is 5.75 Å². The smallest absolute Gasteiger partial charge is 0.255 e. The quantitative estimate of drug-likeness (QED) is 0.606. The number of aromatic nitrogens is 5. The molecule has 3 heterocycles. The van der Waals surface area contributed by atoms with Gasteiger partial charge in [-0.25, -0.2) is 4.68 Å². The maximum absolute atomic E-state index is 13.5. The van der Waals surface area contributed by atoms with Gasteiger partial charge in [-0.1, -0.05) is 23.9 Å². The predicted molar refractivity (Wildman–Crippen MR) is 116 cm³/mol. The molecular formula is C20H23N7O2S. The fraction of sp³-hybridized carbons (Fsp3) is 0.300. The number of hydrogen-bond donors (Lipinski definition) is 2. The van der Waals surface area contributed by atoms with Gasteiger partial charge in [0.15, 0.2) is 0 Å². The first-order valence-electron chi connectivity index (χ1n) is 9.35. The number of benzene rings is 1. The zero-order valence-corrected chi connectivity index (χ0v) is 18.2. The molecule has 9 nitrogen and oxygen atoms in total. The Morgan fingerprint density at radius 2 is 2.07 bits per heavy atom. The van der Waals surface area contributed by atoms with Crippen molar-refractivity contribution < 1.29 is 9.53 Å². The first-order valence-corrected chi connectivity index (χ1v) is 10.6. The van der Waals surface area contributed by atoms with Crippen LogP contribution in [0, 0.1) is 6.92 Å². The molecule has 30 heavy (non-hydrogen) atoms. The van der Waals surface area contributed by atoms with Crippen LogP contribution in [0.1, 0.15) is 24.2 Å². The molecule has 1 amide bonds. The number of carbonyl (C=O) groups excluding carboxylic acids is 1. The Hall–Kier alpha value is -3.27. The summed E-state index contributed by atoms with van der Waals surface area (Å²) >= 11 is 1.45. The third-order valence-electron chi connectivity index (χ3n) is 5.18. The van der Waals surface area contributed by atoms with Crippen LogP contribution in [0.15, 0.2) is 46.9 Å². The van der Waals surface area contributed by atoms with E-state index in [9.17, 15) is 4.79 Å². The van der Waals surface area contributed by atoms with Gasteiger partial charge in [-0.2, -0.15) is 10.1 Å². The second-order valence-corrected chi connectivity index (χ2v) is 7.67. The van der Waals surface area contributed by atoms with Crippen LogP contribution in [0.5, 0.6) is 5.75 Å². The molecule has 2 N–H and O–H groups in total. The second-order valence-electron chi connectivity index (χ2n) is 6.90. The highest BCUT2D eigenvalue weighted by atomic mass is 32.2. The number of ether oxygens (including phenoxy) is 1. The maximum atomic E-state index is 13.5. The third kappa shape index (κ3) is 3.32. The highest BCUT2D eigenvalue weighted by Gasteiger charge is 2.36. The largest absolute Gasteiger partial charge is 0.495 e. The lowest BCUT2D eigenvalue weighted by Gasteiger charge is -2.28. The summed E-state index contributed by atoms with van der Waals surface area (Å²) < 4.78 is 8.91. The summed E-state index contributed by atoms with van der Waals surface area (Å²) in [6, 6.07) is 6.85. The molecule has 156 valence electrons. The molecule has 1 aliphatic rings. The molecule has 0 spiro atoms. The molecule has 0 saturated carbocycles. The van der Waals surface area contributed by atoms with E-state index in [0.717, 1.165) is 11.3 Å². The monoisotopic (exact) mass is 425 g/mol. The van der Waals surface area contributed by atoms with E-state index in [0.29, 0.717) is 33.8 Å². The molecule has 1 aliphatic heterocycles. The molecule has 0 unspecified atom stereocenters. The lowest BCUT2D eigenvalue weighted by atomic mass is 9.95. The molecule has 0 saturated heterocycles. The molecule has 0 bridgehead atoms. The summed E-state index contributed by atoms with van der Waals surface area (Å²) in [5.74, 6) is 0.941. The van der Waals surface area contributed by atoms with Crippen LogP contribution in [0.25, 0.3) is 0 Å². The number of nitrogens with zero attached hydrogens (tertiary/aromatic N) is 5. The number of thioether (sulfide) groups is 1. The second kappa shape index (κ2) is 7.86. The van der Waals surface area contributed by atoms with Gasteiger partial charge >= 0.3 is 0 Å². The SMILES string of the molecule is COc1ccccc1NC(=O)C1=C(C)Nc2nc(SC)nn2[C@@H]1c1cnn(C)c1C. The van der Waals surface area contributed by atoms with Crippen LogP contribution in [0.2, 0.25) is 0 Å². The van der Waals surface area contributed by atoms with Crippen LogP contribution >= 0.6 is 11.8 Å². The van der Waals surface area contributed by atoms with E-state index >= 15 is 0 Å². The zero-order valence-electron chi connectivity index (χ0n) is 17.4. The molecular weight excluding hydrogens is 402 g/mol. The number of hydrogen-bond acceptors (Lipinski definition) is 7. The average molecular weight is 426 g/mol. The van der Waals surface area contributed by atoms with E-state index in [1.54, 1.807) is 34.8 Å². The summed E-state index contributed by atoms with van der Waals surface area (Å²) in [7, 11) is 3.45. The highest BCUT2D eigenvalue weighted by molar-refractivity contribution is 7.98. The Morgan fingerprint density at radius 1 is 1.30 bits per heavy atom. The molecule has 3 aromatic rings. The fourth-order valence-corrected chi connectivity index (χ4v) is 3.87. The van der Waals surface area contributed by atoms with E-state index in [4.69, 9.17) is 4.74 Å². The van der Waals surface area contributed by atoms with E-state index in [1.165, 1.54) is 11.8 Å². The van der Waals surface area contributed by atoms with Crippen molar-refractivity contribution in [3.63, 3.8) is 0 Å². The minimum Gasteiger partial charge on any atom is -0.495 e. The summed E-state index contributed by atoms with van der Waals surface area (Å²) in [5, 5.41) is 15.8. The van der Waals surface area contributed by atoms with Crippen LogP contribution in [-0.4, -0.2) is 43.8 Å². The molecule has 0 aliphatic carbocycles. The molecule has 0 radical (unpaired) electrons. The number of para-hydroxylation sites is 2. The van der Waals surface area contributed by atoms with Gasteiger partial charge in [-0.3, -0.25) is 9.48 Å².